The van der Waals surface area contributed by atoms with E-state index in [9.17, 15) is 23.4 Å². The number of sulfonamides is 1. The number of hydrogen-bond donors (Lipinski definition) is 3. The van der Waals surface area contributed by atoms with Crippen molar-refractivity contribution in [1.29, 1.82) is 0 Å². The Labute approximate surface area is 175 Å². The summed E-state index contributed by atoms with van der Waals surface area (Å²) < 4.78 is 28.2. The smallest absolute Gasteiger partial charge is 0.331 e. The minimum absolute atomic E-state index is 0.0835. The van der Waals surface area contributed by atoms with Gasteiger partial charge in [-0.3, -0.25) is 0 Å². The highest BCUT2D eigenvalue weighted by Crippen LogP contribution is 2.33. The fourth-order valence-electron chi connectivity index (χ4n) is 3.83. The van der Waals surface area contributed by atoms with Crippen molar-refractivity contribution >= 4 is 16.0 Å². The van der Waals surface area contributed by atoms with Crippen molar-refractivity contribution < 1.29 is 23.4 Å². The second kappa shape index (κ2) is 9.41. The molecule has 0 radical (unpaired) electrons. The molecule has 0 bridgehead atoms. The van der Waals surface area contributed by atoms with Crippen LogP contribution in [0.15, 0.2) is 28.2 Å². The number of aliphatic hydroxyl groups is 1. The molecule has 1 rings (SSSR count). The number of aliphatic carboxylic acids is 1. The van der Waals surface area contributed by atoms with Crippen LogP contribution in [0.3, 0.4) is 0 Å². The van der Waals surface area contributed by atoms with E-state index < -0.39 is 27.5 Å². The van der Waals surface area contributed by atoms with Crippen molar-refractivity contribution in [1.82, 2.24) is 4.72 Å². The molecule has 0 spiro atoms. The Balaban J connectivity index is 3.29. The summed E-state index contributed by atoms with van der Waals surface area (Å²) >= 11 is 0. The van der Waals surface area contributed by atoms with Crippen LogP contribution >= 0.6 is 0 Å². The molecule has 1 aromatic rings. The highest BCUT2D eigenvalue weighted by molar-refractivity contribution is 7.89. The van der Waals surface area contributed by atoms with Crippen molar-refractivity contribution in [2.75, 3.05) is 6.54 Å². The molecule has 0 aliphatic carbocycles. The Morgan fingerprint density at radius 2 is 1.59 bits per heavy atom. The van der Waals surface area contributed by atoms with Gasteiger partial charge in [0, 0.05) is 12.1 Å². The Bertz CT molecular complexity index is 869. The van der Waals surface area contributed by atoms with Crippen molar-refractivity contribution in [2.24, 2.45) is 11.3 Å². The topological polar surface area (TPSA) is 104 Å². The lowest BCUT2D eigenvalue weighted by Gasteiger charge is -2.30. The molecule has 0 saturated carbocycles. The van der Waals surface area contributed by atoms with Crippen LogP contribution in [0, 0.1) is 32.1 Å². The Morgan fingerprint density at radius 3 is 1.97 bits per heavy atom. The summed E-state index contributed by atoms with van der Waals surface area (Å²) in [7, 11) is -3.86. The zero-order valence-corrected chi connectivity index (χ0v) is 19.6. The lowest BCUT2D eigenvalue weighted by atomic mass is 9.78. The molecule has 0 unspecified atom stereocenters. The van der Waals surface area contributed by atoms with Gasteiger partial charge in [0.1, 0.15) is 0 Å². The number of carboxylic acid groups (broad SMARTS) is 1. The summed E-state index contributed by atoms with van der Waals surface area (Å²) in [4.78, 5) is 12.1. The average Bonchev–Trinajstić information content (AvgIpc) is 2.49. The van der Waals surface area contributed by atoms with Crippen LogP contribution in [0.1, 0.15) is 57.7 Å². The van der Waals surface area contributed by atoms with Gasteiger partial charge in [0.05, 0.1) is 11.0 Å². The maximum atomic E-state index is 12.9. The van der Waals surface area contributed by atoms with Crippen LogP contribution in [-0.2, 0) is 14.8 Å². The van der Waals surface area contributed by atoms with E-state index in [0.29, 0.717) is 23.1 Å². The quantitative estimate of drug-likeness (QED) is 0.551. The van der Waals surface area contributed by atoms with Gasteiger partial charge in [-0.25, -0.2) is 17.9 Å². The molecule has 3 N–H and O–H groups in total. The SMILES string of the molecule is Cc1cc(C)c(S(=O)(=O)NC[C@H](O)C(=C(CC(C)C)C(=O)O)C(C)(C)C)c(C)c1. The number of rotatable bonds is 8. The maximum absolute atomic E-state index is 12.9. The largest absolute Gasteiger partial charge is 0.478 e. The maximum Gasteiger partial charge on any atom is 0.331 e. The first-order valence-electron chi connectivity index (χ1n) is 9.80. The molecule has 0 aliphatic heterocycles. The molecular formula is C22H35NO5S. The average molecular weight is 426 g/mol. The van der Waals surface area contributed by atoms with E-state index in [4.69, 9.17) is 0 Å². The predicted octanol–water partition coefficient (Wildman–Crippen LogP) is 3.72. The monoisotopic (exact) mass is 425 g/mol. The zero-order valence-electron chi connectivity index (χ0n) is 18.8. The molecule has 0 heterocycles. The highest BCUT2D eigenvalue weighted by atomic mass is 32.2. The number of hydrogen-bond acceptors (Lipinski definition) is 4. The molecule has 6 nitrogen and oxygen atoms in total. The van der Waals surface area contributed by atoms with E-state index in [1.807, 2.05) is 41.5 Å². The number of carboxylic acids is 1. The molecule has 29 heavy (non-hydrogen) atoms. The summed E-state index contributed by atoms with van der Waals surface area (Å²) in [5, 5.41) is 20.5. The Hall–Kier alpha value is -1.70. The molecule has 0 aromatic heterocycles. The zero-order chi connectivity index (χ0) is 22.7. The molecule has 7 heteroatoms. The van der Waals surface area contributed by atoms with Crippen LogP contribution in [-0.4, -0.2) is 37.2 Å². The number of benzene rings is 1. The number of aliphatic hydroxyl groups excluding tert-OH is 1. The molecular weight excluding hydrogens is 390 g/mol. The number of aryl methyl sites for hydroxylation is 3. The summed E-state index contributed by atoms with van der Waals surface area (Å²) in [5.74, 6) is -1.00. The van der Waals surface area contributed by atoms with Crippen LogP contribution in [0.25, 0.3) is 0 Å². The van der Waals surface area contributed by atoms with Gasteiger partial charge in [-0.1, -0.05) is 52.3 Å². The van der Waals surface area contributed by atoms with Crippen molar-refractivity contribution in [3.05, 3.63) is 40.0 Å². The third-order valence-electron chi connectivity index (χ3n) is 4.68. The molecule has 1 aromatic carbocycles. The predicted molar refractivity (Wildman–Crippen MR) is 115 cm³/mol. The van der Waals surface area contributed by atoms with Crippen molar-refractivity contribution in [3.63, 3.8) is 0 Å². The summed E-state index contributed by atoms with van der Waals surface area (Å²) in [6.45, 7) is 14.3. The number of carbonyl (C=O) groups is 1. The van der Waals surface area contributed by atoms with Gasteiger partial charge in [-0.2, -0.15) is 0 Å². The normalized spacial score (nSPS) is 14.7. The summed E-state index contributed by atoms with van der Waals surface area (Å²) in [5.41, 5.74) is 2.07. The lowest BCUT2D eigenvalue weighted by molar-refractivity contribution is -0.133. The minimum atomic E-state index is -3.86. The Kier molecular flexibility index (Phi) is 8.22. The molecule has 0 aliphatic rings. The van der Waals surface area contributed by atoms with Gasteiger partial charge < -0.3 is 10.2 Å². The van der Waals surface area contributed by atoms with Gasteiger partial charge in [-0.15, -0.1) is 0 Å². The third-order valence-corrected chi connectivity index (χ3v) is 6.41. The van der Waals surface area contributed by atoms with Gasteiger partial charge in [0.2, 0.25) is 10.0 Å². The van der Waals surface area contributed by atoms with Crippen LogP contribution in [0.5, 0.6) is 0 Å². The second-order valence-electron chi connectivity index (χ2n) is 9.14. The van der Waals surface area contributed by atoms with Crippen molar-refractivity contribution in [2.45, 2.75) is 72.8 Å². The molecule has 0 saturated heterocycles. The van der Waals surface area contributed by atoms with E-state index in [1.54, 1.807) is 26.0 Å². The summed E-state index contributed by atoms with van der Waals surface area (Å²) in [6.07, 6.45) is -0.956. The fourth-order valence-corrected chi connectivity index (χ4v) is 5.32. The lowest BCUT2D eigenvalue weighted by Crippen LogP contribution is -2.38. The minimum Gasteiger partial charge on any atom is -0.478 e. The van der Waals surface area contributed by atoms with E-state index in [1.165, 1.54) is 0 Å². The fraction of sp³-hybridized carbons (Fsp3) is 0.591. The van der Waals surface area contributed by atoms with Gasteiger partial charge in [0.25, 0.3) is 0 Å². The van der Waals surface area contributed by atoms with Crippen LogP contribution < -0.4 is 4.72 Å². The van der Waals surface area contributed by atoms with E-state index in [0.717, 1.165) is 5.56 Å². The third kappa shape index (κ3) is 6.66. The first-order chi connectivity index (χ1) is 13.1. The van der Waals surface area contributed by atoms with Gasteiger partial charge >= 0.3 is 5.97 Å². The van der Waals surface area contributed by atoms with Crippen molar-refractivity contribution in [3.8, 4) is 0 Å². The molecule has 164 valence electrons. The molecule has 0 amide bonds. The highest BCUT2D eigenvalue weighted by Gasteiger charge is 2.32. The van der Waals surface area contributed by atoms with E-state index in [2.05, 4.69) is 4.72 Å². The van der Waals surface area contributed by atoms with Crippen LogP contribution in [0.4, 0.5) is 0 Å². The first kappa shape index (κ1) is 25.3. The first-order valence-corrected chi connectivity index (χ1v) is 11.3. The second-order valence-corrected chi connectivity index (χ2v) is 10.8. The molecule has 1 atom stereocenters. The molecule has 0 fully saturated rings. The van der Waals surface area contributed by atoms with Gasteiger partial charge in [0.15, 0.2) is 0 Å². The summed E-state index contributed by atoms with van der Waals surface area (Å²) in [6, 6.07) is 3.59. The van der Waals surface area contributed by atoms with E-state index in [-0.39, 0.29) is 22.9 Å². The van der Waals surface area contributed by atoms with E-state index >= 15 is 0 Å². The van der Waals surface area contributed by atoms with Crippen LogP contribution in [0.2, 0.25) is 0 Å². The van der Waals surface area contributed by atoms with Gasteiger partial charge in [-0.05, 0) is 55.2 Å². The standard InChI is InChI=1S/C22H35NO5S/c1-13(2)9-17(21(25)26)19(22(6,7)8)18(24)12-23-29(27,28)20-15(4)10-14(3)11-16(20)5/h10-11,13,18,23-24H,9,12H2,1-8H3,(H,25,26)/t18-/m0/s1. The number of nitrogens with one attached hydrogen (secondary N) is 1. The Morgan fingerprint density at radius 1 is 1.10 bits per heavy atom.